The Morgan fingerprint density at radius 1 is 1.07 bits per heavy atom. The quantitative estimate of drug-likeness (QED) is 0.768. The van der Waals surface area contributed by atoms with E-state index >= 15 is 0 Å². The maximum Gasteiger partial charge on any atom is 0.221 e. The number of aromatic nitrogens is 3. The zero-order valence-electron chi connectivity index (χ0n) is 8.22. The predicted octanol–water partition coefficient (Wildman–Crippen LogP) is 1.63. The second-order valence-corrected chi connectivity index (χ2v) is 3.97. The molecule has 0 aliphatic heterocycles. The summed E-state index contributed by atoms with van der Waals surface area (Å²) in [6, 6.07) is 0. The summed E-state index contributed by atoms with van der Waals surface area (Å²) >= 11 is 1.37. The van der Waals surface area contributed by atoms with Crippen LogP contribution < -0.4 is 0 Å². The highest BCUT2D eigenvalue weighted by Gasteiger charge is 2.12. The lowest BCUT2D eigenvalue weighted by Gasteiger charge is -2.01. The van der Waals surface area contributed by atoms with Crippen molar-refractivity contribution in [3.8, 4) is 22.6 Å². The first-order valence-electron chi connectivity index (χ1n) is 4.27. The molecule has 15 heavy (non-hydrogen) atoms. The normalized spacial score (nSPS) is 10.5. The number of thiazole rings is 1. The van der Waals surface area contributed by atoms with Crippen LogP contribution in [0, 0.1) is 13.8 Å². The Labute approximate surface area is 90.1 Å². The van der Waals surface area contributed by atoms with E-state index in [0.717, 1.165) is 5.69 Å². The smallest absolute Gasteiger partial charge is 0.221 e. The molecule has 0 saturated heterocycles. The SMILES string of the molecule is Cc1csc(-c2nc(O)c(C)c(O)n2)n1. The minimum absolute atomic E-state index is 0.217. The summed E-state index contributed by atoms with van der Waals surface area (Å²) < 4.78 is 0. The van der Waals surface area contributed by atoms with Crippen molar-refractivity contribution < 1.29 is 10.2 Å². The van der Waals surface area contributed by atoms with Crippen molar-refractivity contribution in [1.29, 1.82) is 0 Å². The predicted molar refractivity (Wildman–Crippen MR) is 55.9 cm³/mol. The van der Waals surface area contributed by atoms with Crippen LogP contribution in [0.3, 0.4) is 0 Å². The Hall–Kier alpha value is -1.69. The van der Waals surface area contributed by atoms with E-state index in [-0.39, 0.29) is 23.1 Å². The average molecular weight is 223 g/mol. The van der Waals surface area contributed by atoms with Crippen LogP contribution in [0.4, 0.5) is 0 Å². The van der Waals surface area contributed by atoms with Crippen molar-refractivity contribution in [3.63, 3.8) is 0 Å². The summed E-state index contributed by atoms with van der Waals surface area (Å²) in [5.74, 6) is -0.190. The van der Waals surface area contributed by atoms with E-state index in [9.17, 15) is 10.2 Å². The monoisotopic (exact) mass is 223 g/mol. The third-order valence-corrected chi connectivity index (χ3v) is 2.86. The highest BCUT2D eigenvalue weighted by Crippen LogP contribution is 2.27. The molecule has 0 aliphatic rings. The number of hydrogen-bond donors (Lipinski definition) is 2. The molecule has 0 spiro atoms. The molecule has 2 aromatic rings. The van der Waals surface area contributed by atoms with Gasteiger partial charge in [0.1, 0.15) is 0 Å². The van der Waals surface area contributed by atoms with Crippen LogP contribution >= 0.6 is 11.3 Å². The van der Waals surface area contributed by atoms with Crippen molar-refractivity contribution in [3.05, 3.63) is 16.6 Å². The van der Waals surface area contributed by atoms with Crippen LogP contribution in [-0.2, 0) is 0 Å². The number of nitrogens with zero attached hydrogens (tertiary/aromatic N) is 3. The van der Waals surface area contributed by atoms with E-state index in [4.69, 9.17) is 0 Å². The molecule has 0 fully saturated rings. The van der Waals surface area contributed by atoms with Crippen molar-refractivity contribution >= 4 is 11.3 Å². The average Bonchev–Trinajstić information content (AvgIpc) is 2.60. The molecule has 0 aromatic carbocycles. The zero-order chi connectivity index (χ0) is 11.0. The Balaban J connectivity index is 2.55. The van der Waals surface area contributed by atoms with Gasteiger partial charge in [-0.15, -0.1) is 11.3 Å². The maximum absolute atomic E-state index is 9.41. The molecule has 6 heteroatoms. The van der Waals surface area contributed by atoms with Gasteiger partial charge in [-0.2, -0.15) is 9.97 Å². The largest absolute Gasteiger partial charge is 0.493 e. The topological polar surface area (TPSA) is 79.1 Å². The Bertz CT molecular complexity index is 487. The highest BCUT2D eigenvalue weighted by atomic mass is 32.1. The first kappa shape index (κ1) is 9.85. The van der Waals surface area contributed by atoms with Crippen LogP contribution in [0.25, 0.3) is 10.8 Å². The van der Waals surface area contributed by atoms with Gasteiger partial charge in [-0.3, -0.25) is 0 Å². The maximum atomic E-state index is 9.41. The third-order valence-electron chi connectivity index (χ3n) is 1.90. The molecule has 0 aliphatic carbocycles. The van der Waals surface area contributed by atoms with Crippen LogP contribution in [0.5, 0.6) is 11.8 Å². The summed E-state index contributed by atoms with van der Waals surface area (Å²) in [5, 5.41) is 21.3. The molecule has 0 amide bonds. The van der Waals surface area contributed by atoms with Gasteiger partial charge >= 0.3 is 0 Å². The molecule has 5 nitrogen and oxygen atoms in total. The molecule has 78 valence electrons. The van der Waals surface area contributed by atoms with Crippen LogP contribution in [0.15, 0.2) is 5.38 Å². The lowest BCUT2D eigenvalue weighted by molar-refractivity contribution is 0.415. The lowest BCUT2D eigenvalue weighted by Crippen LogP contribution is -1.92. The van der Waals surface area contributed by atoms with Gasteiger partial charge in [0.25, 0.3) is 0 Å². The molecule has 0 radical (unpaired) electrons. The van der Waals surface area contributed by atoms with E-state index in [1.54, 1.807) is 6.92 Å². The summed E-state index contributed by atoms with van der Waals surface area (Å²) in [5.41, 5.74) is 1.13. The van der Waals surface area contributed by atoms with E-state index in [0.29, 0.717) is 5.01 Å². The fourth-order valence-electron chi connectivity index (χ4n) is 1.05. The van der Waals surface area contributed by atoms with Crippen molar-refractivity contribution in [2.24, 2.45) is 0 Å². The number of hydrogen-bond acceptors (Lipinski definition) is 6. The van der Waals surface area contributed by atoms with Gasteiger partial charge in [0.05, 0.1) is 5.56 Å². The van der Waals surface area contributed by atoms with Gasteiger partial charge in [0.15, 0.2) is 10.8 Å². The molecule has 2 heterocycles. The van der Waals surface area contributed by atoms with Crippen molar-refractivity contribution in [2.45, 2.75) is 13.8 Å². The highest BCUT2D eigenvalue weighted by molar-refractivity contribution is 7.13. The summed E-state index contributed by atoms with van der Waals surface area (Å²) in [6.07, 6.45) is 0. The molecule has 2 rings (SSSR count). The number of aryl methyl sites for hydroxylation is 1. The van der Waals surface area contributed by atoms with Crippen LogP contribution in [-0.4, -0.2) is 25.2 Å². The minimum atomic E-state index is -0.217. The van der Waals surface area contributed by atoms with Gasteiger partial charge in [-0.25, -0.2) is 4.98 Å². The van der Waals surface area contributed by atoms with Gasteiger partial charge < -0.3 is 10.2 Å². The summed E-state index contributed by atoms with van der Waals surface area (Å²) in [6.45, 7) is 3.40. The van der Waals surface area contributed by atoms with E-state index < -0.39 is 0 Å². The molecule has 2 aromatic heterocycles. The molecule has 0 saturated carbocycles. The molecule has 0 atom stereocenters. The van der Waals surface area contributed by atoms with Crippen LogP contribution in [0.2, 0.25) is 0 Å². The van der Waals surface area contributed by atoms with E-state index in [2.05, 4.69) is 15.0 Å². The number of rotatable bonds is 1. The minimum Gasteiger partial charge on any atom is -0.493 e. The molecule has 0 unspecified atom stereocenters. The summed E-state index contributed by atoms with van der Waals surface area (Å²) in [4.78, 5) is 11.9. The van der Waals surface area contributed by atoms with Gasteiger partial charge in [-0.1, -0.05) is 0 Å². The third kappa shape index (κ3) is 1.75. The second-order valence-electron chi connectivity index (χ2n) is 3.11. The van der Waals surface area contributed by atoms with Crippen molar-refractivity contribution in [2.75, 3.05) is 0 Å². The summed E-state index contributed by atoms with van der Waals surface area (Å²) in [7, 11) is 0. The molecule has 2 N–H and O–H groups in total. The Morgan fingerprint density at radius 3 is 2.13 bits per heavy atom. The first-order valence-corrected chi connectivity index (χ1v) is 5.15. The van der Waals surface area contributed by atoms with Gasteiger partial charge in [0, 0.05) is 11.1 Å². The Morgan fingerprint density at radius 2 is 1.67 bits per heavy atom. The molecular formula is C9H9N3O2S. The Kier molecular flexibility index (Phi) is 2.28. The fraction of sp³-hybridized carbons (Fsp3) is 0.222. The van der Waals surface area contributed by atoms with Gasteiger partial charge in [-0.05, 0) is 13.8 Å². The fourth-order valence-corrected chi connectivity index (χ4v) is 1.77. The standard InChI is InChI=1S/C9H9N3O2S/c1-4-3-15-9(10-4)6-11-7(13)5(2)8(14)12-6/h3H,1-2H3,(H2,11,12,13,14). The number of aromatic hydroxyl groups is 2. The van der Waals surface area contributed by atoms with E-state index in [1.807, 2.05) is 12.3 Å². The molecule has 0 bridgehead atoms. The van der Waals surface area contributed by atoms with Crippen LogP contribution in [0.1, 0.15) is 11.3 Å². The zero-order valence-corrected chi connectivity index (χ0v) is 9.04. The van der Waals surface area contributed by atoms with Gasteiger partial charge in [0.2, 0.25) is 11.8 Å². The van der Waals surface area contributed by atoms with E-state index in [1.165, 1.54) is 11.3 Å². The molecular weight excluding hydrogens is 214 g/mol. The first-order chi connectivity index (χ1) is 7.08. The van der Waals surface area contributed by atoms with Crippen molar-refractivity contribution in [1.82, 2.24) is 15.0 Å². The second kappa shape index (κ2) is 3.47. The lowest BCUT2D eigenvalue weighted by atomic mass is 10.3.